The maximum Gasteiger partial charge on any atom is 0.224 e. The van der Waals surface area contributed by atoms with Crippen molar-refractivity contribution < 1.29 is 4.79 Å². The molecular formula is C13H17IN2O. The van der Waals surface area contributed by atoms with Gasteiger partial charge in [0.05, 0.1) is 6.42 Å². The largest absolute Gasteiger partial charge is 0.354 e. The van der Waals surface area contributed by atoms with Gasteiger partial charge in [0.1, 0.15) is 0 Å². The van der Waals surface area contributed by atoms with Gasteiger partial charge in [0, 0.05) is 16.2 Å². The van der Waals surface area contributed by atoms with Crippen LogP contribution < -0.4 is 11.1 Å². The fourth-order valence-corrected chi connectivity index (χ4v) is 2.43. The standard InChI is InChI=1S/C13H17IN2O/c14-11-3-1-2-9(6-11)7-13(17)16-8-12(15)10-4-5-10/h1-3,6,10,12H,4-5,7-8,15H2,(H,16,17). The van der Waals surface area contributed by atoms with E-state index in [4.69, 9.17) is 5.73 Å². The van der Waals surface area contributed by atoms with Crippen molar-refractivity contribution in [3.8, 4) is 0 Å². The summed E-state index contributed by atoms with van der Waals surface area (Å²) in [5.74, 6) is 0.691. The highest BCUT2D eigenvalue weighted by Gasteiger charge is 2.28. The second kappa shape index (κ2) is 5.82. The summed E-state index contributed by atoms with van der Waals surface area (Å²) in [6.07, 6.45) is 2.87. The van der Waals surface area contributed by atoms with E-state index in [1.807, 2.05) is 24.3 Å². The van der Waals surface area contributed by atoms with Crippen molar-refractivity contribution in [1.82, 2.24) is 5.32 Å². The van der Waals surface area contributed by atoms with E-state index in [0.29, 0.717) is 18.9 Å². The topological polar surface area (TPSA) is 55.1 Å². The van der Waals surface area contributed by atoms with Crippen LogP contribution in [0, 0.1) is 9.49 Å². The van der Waals surface area contributed by atoms with Crippen molar-refractivity contribution in [3.05, 3.63) is 33.4 Å². The lowest BCUT2D eigenvalue weighted by Gasteiger charge is -2.11. The van der Waals surface area contributed by atoms with Crippen LogP contribution in [0.1, 0.15) is 18.4 Å². The van der Waals surface area contributed by atoms with Crippen LogP contribution in [0.4, 0.5) is 0 Å². The van der Waals surface area contributed by atoms with Gasteiger partial charge in [-0.15, -0.1) is 0 Å². The summed E-state index contributed by atoms with van der Waals surface area (Å²) in [5.41, 5.74) is 6.98. The molecule has 0 saturated heterocycles. The molecule has 1 aromatic rings. The molecule has 1 amide bonds. The molecule has 1 aliphatic carbocycles. The van der Waals surface area contributed by atoms with Crippen LogP contribution in [0.15, 0.2) is 24.3 Å². The first-order valence-corrected chi connectivity index (χ1v) is 7.00. The highest BCUT2D eigenvalue weighted by molar-refractivity contribution is 14.1. The first kappa shape index (κ1) is 12.8. The molecule has 1 aliphatic rings. The Morgan fingerprint density at radius 1 is 1.53 bits per heavy atom. The van der Waals surface area contributed by atoms with E-state index in [1.54, 1.807) is 0 Å². The number of benzene rings is 1. The number of carbonyl (C=O) groups excluding carboxylic acids is 1. The molecule has 1 saturated carbocycles. The summed E-state index contributed by atoms with van der Waals surface area (Å²) < 4.78 is 1.16. The molecule has 0 heterocycles. The zero-order valence-corrected chi connectivity index (χ0v) is 11.8. The van der Waals surface area contributed by atoms with E-state index in [2.05, 4.69) is 27.9 Å². The SMILES string of the molecule is NC(CNC(=O)Cc1cccc(I)c1)C1CC1. The molecular weight excluding hydrogens is 327 g/mol. The predicted octanol–water partition coefficient (Wildman–Crippen LogP) is 1.69. The Labute approximate surface area is 115 Å². The number of halogens is 1. The average Bonchev–Trinajstić information content (AvgIpc) is 3.09. The van der Waals surface area contributed by atoms with Gasteiger partial charge < -0.3 is 11.1 Å². The van der Waals surface area contributed by atoms with Gasteiger partial charge in [0.25, 0.3) is 0 Å². The number of rotatable bonds is 5. The molecule has 0 bridgehead atoms. The minimum atomic E-state index is 0.0584. The Hall–Kier alpha value is -0.620. The number of hydrogen-bond acceptors (Lipinski definition) is 2. The molecule has 2 rings (SSSR count). The fraction of sp³-hybridized carbons (Fsp3) is 0.462. The van der Waals surface area contributed by atoms with Crippen LogP contribution in [0.5, 0.6) is 0 Å². The lowest BCUT2D eigenvalue weighted by atomic mass is 10.1. The van der Waals surface area contributed by atoms with Gasteiger partial charge >= 0.3 is 0 Å². The van der Waals surface area contributed by atoms with E-state index >= 15 is 0 Å². The highest BCUT2D eigenvalue weighted by atomic mass is 127. The van der Waals surface area contributed by atoms with Crippen LogP contribution >= 0.6 is 22.6 Å². The molecule has 1 aromatic carbocycles. The molecule has 0 aliphatic heterocycles. The molecule has 1 unspecified atom stereocenters. The maximum absolute atomic E-state index is 11.7. The van der Waals surface area contributed by atoms with E-state index in [9.17, 15) is 4.79 Å². The van der Waals surface area contributed by atoms with Gasteiger partial charge in [-0.3, -0.25) is 4.79 Å². The minimum absolute atomic E-state index is 0.0584. The Morgan fingerprint density at radius 3 is 2.94 bits per heavy atom. The zero-order valence-electron chi connectivity index (χ0n) is 9.66. The summed E-state index contributed by atoms with van der Waals surface area (Å²) in [7, 11) is 0. The Kier molecular flexibility index (Phi) is 4.39. The van der Waals surface area contributed by atoms with Gasteiger partial charge in [-0.1, -0.05) is 12.1 Å². The number of nitrogens with two attached hydrogens (primary N) is 1. The van der Waals surface area contributed by atoms with Crippen LogP contribution in [-0.4, -0.2) is 18.5 Å². The summed E-state index contributed by atoms with van der Waals surface area (Å²) in [6.45, 7) is 0.605. The second-order valence-corrected chi connectivity index (χ2v) is 5.86. The van der Waals surface area contributed by atoms with Crippen molar-refractivity contribution >= 4 is 28.5 Å². The summed E-state index contributed by atoms with van der Waals surface area (Å²) in [4.78, 5) is 11.7. The van der Waals surface area contributed by atoms with Gasteiger partial charge in [-0.2, -0.15) is 0 Å². The quantitative estimate of drug-likeness (QED) is 0.799. The Balaban J connectivity index is 1.76. The van der Waals surface area contributed by atoms with E-state index in [1.165, 1.54) is 12.8 Å². The number of carbonyl (C=O) groups is 1. The zero-order chi connectivity index (χ0) is 12.3. The Bertz CT molecular complexity index is 404. The summed E-state index contributed by atoms with van der Waals surface area (Å²) >= 11 is 2.25. The molecule has 92 valence electrons. The third kappa shape index (κ3) is 4.27. The minimum Gasteiger partial charge on any atom is -0.354 e. The molecule has 17 heavy (non-hydrogen) atoms. The van der Waals surface area contributed by atoms with Crippen LogP contribution in [0.25, 0.3) is 0 Å². The molecule has 0 spiro atoms. The molecule has 1 atom stereocenters. The second-order valence-electron chi connectivity index (χ2n) is 4.61. The summed E-state index contributed by atoms with van der Waals surface area (Å²) in [6, 6.07) is 8.13. The van der Waals surface area contributed by atoms with Crippen molar-refractivity contribution in [2.75, 3.05) is 6.54 Å². The number of hydrogen-bond donors (Lipinski definition) is 2. The molecule has 3 nitrogen and oxygen atoms in total. The predicted molar refractivity (Wildman–Crippen MR) is 76.6 cm³/mol. The van der Waals surface area contributed by atoms with Crippen molar-refractivity contribution in [2.45, 2.75) is 25.3 Å². The molecule has 1 fully saturated rings. The van der Waals surface area contributed by atoms with Gasteiger partial charge in [-0.25, -0.2) is 0 Å². The third-order valence-corrected chi connectivity index (χ3v) is 3.69. The molecule has 3 N–H and O–H groups in total. The first-order valence-electron chi connectivity index (χ1n) is 5.92. The van der Waals surface area contributed by atoms with Gasteiger partial charge in [0.2, 0.25) is 5.91 Å². The van der Waals surface area contributed by atoms with Crippen molar-refractivity contribution in [2.24, 2.45) is 11.7 Å². The van der Waals surface area contributed by atoms with Crippen LogP contribution in [0.2, 0.25) is 0 Å². The van der Waals surface area contributed by atoms with Crippen molar-refractivity contribution in [3.63, 3.8) is 0 Å². The average molecular weight is 344 g/mol. The van der Waals surface area contributed by atoms with E-state index in [-0.39, 0.29) is 11.9 Å². The van der Waals surface area contributed by atoms with Gasteiger partial charge in [0.15, 0.2) is 0 Å². The highest BCUT2D eigenvalue weighted by Crippen LogP contribution is 2.31. The van der Waals surface area contributed by atoms with Gasteiger partial charge in [-0.05, 0) is 59.0 Å². The van der Waals surface area contributed by atoms with Crippen molar-refractivity contribution in [1.29, 1.82) is 0 Å². The molecule has 4 heteroatoms. The summed E-state index contributed by atoms with van der Waals surface area (Å²) in [5, 5.41) is 2.91. The normalized spacial score (nSPS) is 16.6. The Morgan fingerprint density at radius 2 is 2.29 bits per heavy atom. The third-order valence-electron chi connectivity index (χ3n) is 3.02. The van der Waals surface area contributed by atoms with Crippen LogP contribution in [-0.2, 0) is 11.2 Å². The molecule has 0 radical (unpaired) electrons. The maximum atomic E-state index is 11.7. The van der Waals surface area contributed by atoms with E-state index < -0.39 is 0 Å². The lowest BCUT2D eigenvalue weighted by Crippen LogP contribution is -2.39. The van der Waals surface area contributed by atoms with Crippen LogP contribution in [0.3, 0.4) is 0 Å². The fourth-order valence-electron chi connectivity index (χ4n) is 1.82. The smallest absolute Gasteiger partial charge is 0.224 e. The monoisotopic (exact) mass is 344 g/mol. The molecule has 0 aromatic heterocycles. The first-order chi connectivity index (χ1) is 8.15. The van der Waals surface area contributed by atoms with E-state index in [0.717, 1.165) is 9.13 Å². The number of amides is 1. The number of nitrogens with one attached hydrogen (secondary N) is 1. The lowest BCUT2D eigenvalue weighted by molar-refractivity contribution is -0.120.